The molecule has 6 nitrogen and oxygen atoms in total. The van der Waals surface area contributed by atoms with Gasteiger partial charge in [-0.1, -0.05) is 19.3 Å². The average Bonchev–Trinajstić information content (AvgIpc) is 2.60. The summed E-state index contributed by atoms with van der Waals surface area (Å²) in [5.41, 5.74) is -0.520. The molecule has 0 saturated heterocycles. The number of carbonyl (C=O) groups excluding carboxylic acids is 2. The van der Waals surface area contributed by atoms with Crippen molar-refractivity contribution >= 4 is 17.8 Å². The summed E-state index contributed by atoms with van der Waals surface area (Å²) in [6.45, 7) is 0. The molecule has 3 rings (SSSR count). The smallest absolute Gasteiger partial charge is 0.305 e. The zero-order chi connectivity index (χ0) is 19.3. The highest BCUT2D eigenvalue weighted by Gasteiger charge is 2.41. The molecule has 3 fully saturated rings. The number of hydrogen-bond donors (Lipinski definition) is 3. The molecule has 0 radical (unpaired) electrons. The van der Waals surface area contributed by atoms with E-state index in [1.165, 1.54) is 32.1 Å². The fraction of sp³-hybridized carbons (Fsp3) is 0.857. The first-order valence-electron chi connectivity index (χ1n) is 10.8. The normalized spacial score (nSPS) is 28.0. The minimum Gasteiger partial charge on any atom is -0.481 e. The number of carboxylic acids is 1. The molecule has 0 bridgehead atoms. The first-order valence-corrected chi connectivity index (χ1v) is 10.8. The maximum atomic E-state index is 12.6. The molecule has 0 atom stereocenters. The molecule has 27 heavy (non-hydrogen) atoms. The Kier molecular flexibility index (Phi) is 6.77. The molecule has 0 aromatic rings. The third kappa shape index (κ3) is 5.69. The van der Waals surface area contributed by atoms with Crippen LogP contribution in [0.3, 0.4) is 0 Å². The maximum Gasteiger partial charge on any atom is 0.305 e. The van der Waals surface area contributed by atoms with E-state index in [4.69, 9.17) is 5.11 Å². The van der Waals surface area contributed by atoms with Gasteiger partial charge in [0.15, 0.2) is 0 Å². The molecule has 0 heterocycles. The summed E-state index contributed by atoms with van der Waals surface area (Å²) >= 11 is 0. The molecule has 3 saturated carbocycles. The van der Waals surface area contributed by atoms with Gasteiger partial charge in [-0.2, -0.15) is 0 Å². The van der Waals surface area contributed by atoms with Gasteiger partial charge in [0, 0.05) is 18.4 Å². The van der Waals surface area contributed by atoms with Gasteiger partial charge in [-0.05, 0) is 63.7 Å². The summed E-state index contributed by atoms with van der Waals surface area (Å²) in [6, 6.07) is 0.182. The van der Waals surface area contributed by atoms with Crippen LogP contribution in [-0.2, 0) is 14.4 Å². The molecule has 0 unspecified atom stereocenters. The molecule has 3 aliphatic carbocycles. The van der Waals surface area contributed by atoms with E-state index in [2.05, 4.69) is 10.6 Å². The van der Waals surface area contributed by atoms with Crippen molar-refractivity contribution in [2.75, 3.05) is 0 Å². The van der Waals surface area contributed by atoms with Gasteiger partial charge in [0.05, 0.1) is 12.0 Å². The standard InChI is InChI=1S/C21H34N2O4/c24-18(13-15-5-2-1-3-6-15)22-17-9-7-16(8-10-17)20(27)23-21(11-4-12-21)14-19(25)26/h15-17H,1-14H2,(H,22,24)(H,23,27)(H,25,26). The van der Waals surface area contributed by atoms with E-state index in [9.17, 15) is 14.4 Å². The molecule has 152 valence electrons. The van der Waals surface area contributed by atoms with Crippen LogP contribution in [0.2, 0.25) is 0 Å². The Morgan fingerprint density at radius 3 is 2.11 bits per heavy atom. The largest absolute Gasteiger partial charge is 0.481 e. The molecule has 3 aliphatic rings. The van der Waals surface area contributed by atoms with E-state index in [-0.39, 0.29) is 30.2 Å². The monoisotopic (exact) mass is 378 g/mol. The zero-order valence-electron chi connectivity index (χ0n) is 16.3. The zero-order valence-corrected chi connectivity index (χ0v) is 16.3. The molecule has 6 heteroatoms. The molecule has 3 N–H and O–H groups in total. The predicted octanol–water partition coefficient (Wildman–Crippen LogP) is 3.15. The number of nitrogens with one attached hydrogen (secondary N) is 2. The number of amides is 2. The van der Waals surface area contributed by atoms with Gasteiger partial charge in [-0.3, -0.25) is 14.4 Å². The molecule has 0 aromatic carbocycles. The van der Waals surface area contributed by atoms with Gasteiger partial charge >= 0.3 is 5.97 Å². The lowest BCUT2D eigenvalue weighted by molar-refractivity contribution is -0.141. The van der Waals surface area contributed by atoms with E-state index in [1.54, 1.807) is 0 Å². The summed E-state index contributed by atoms with van der Waals surface area (Å²) in [6.07, 6.45) is 12.5. The van der Waals surface area contributed by atoms with Crippen molar-refractivity contribution in [1.29, 1.82) is 0 Å². The summed E-state index contributed by atoms with van der Waals surface area (Å²) in [4.78, 5) is 35.9. The van der Waals surface area contributed by atoms with Gasteiger partial charge < -0.3 is 15.7 Å². The molecule has 0 spiro atoms. The molecule has 0 aliphatic heterocycles. The number of carbonyl (C=O) groups is 3. The Morgan fingerprint density at radius 1 is 0.889 bits per heavy atom. The highest BCUT2D eigenvalue weighted by atomic mass is 16.4. The Balaban J connectivity index is 1.38. The van der Waals surface area contributed by atoms with Gasteiger partial charge in [0.1, 0.15) is 0 Å². The van der Waals surface area contributed by atoms with E-state index in [0.29, 0.717) is 12.3 Å². The number of aliphatic carboxylic acids is 1. The summed E-state index contributed by atoms with van der Waals surface area (Å²) < 4.78 is 0. The van der Waals surface area contributed by atoms with Crippen molar-refractivity contribution in [2.24, 2.45) is 11.8 Å². The van der Waals surface area contributed by atoms with Crippen LogP contribution in [-0.4, -0.2) is 34.5 Å². The Morgan fingerprint density at radius 2 is 1.56 bits per heavy atom. The van der Waals surface area contributed by atoms with Crippen molar-refractivity contribution in [1.82, 2.24) is 10.6 Å². The highest BCUT2D eigenvalue weighted by molar-refractivity contribution is 5.81. The van der Waals surface area contributed by atoms with Crippen LogP contribution in [0.5, 0.6) is 0 Å². The van der Waals surface area contributed by atoms with Crippen LogP contribution in [0, 0.1) is 11.8 Å². The lowest BCUT2D eigenvalue weighted by Gasteiger charge is -2.42. The average molecular weight is 379 g/mol. The fourth-order valence-corrected chi connectivity index (χ4v) is 5.04. The molecule has 0 aromatic heterocycles. The van der Waals surface area contributed by atoms with Gasteiger partial charge in [-0.25, -0.2) is 0 Å². The third-order valence-electron chi connectivity index (χ3n) is 6.85. The van der Waals surface area contributed by atoms with Crippen LogP contribution in [0.4, 0.5) is 0 Å². The van der Waals surface area contributed by atoms with Crippen LogP contribution < -0.4 is 10.6 Å². The van der Waals surface area contributed by atoms with Crippen molar-refractivity contribution in [3.63, 3.8) is 0 Å². The van der Waals surface area contributed by atoms with E-state index < -0.39 is 11.5 Å². The van der Waals surface area contributed by atoms with E-state index in [1.807, 2.05) is 0 Å². The lowest BCUT2D eigenvalue weighted by atomic mass is 9.73. The van der Waals surface area contributed by atoms with E-state index >= 15 is 0 Å². The minimum atomic E-state index is -0.848. The maximum absolute atomic E-state index is 12.6. The van der Waals surface area contributed by atoms with Crippen molar-refractivity contribution in [3.8, 4) is 0 Å². The molecular weight excluding hydrogens is 344 g/mol. The van der Waals surface area contributed by atoms with Crippen LogP contribution >= 0.6 is 0 Å². The summed E-state index contributed by atoms with van der Waals surface area (Å²) in [5.74, 6) is -0.177. The summed E-state index contributed by atoms with van der Waals surface area (Å²) in [7, 11) is 0. The van der Waals surface area contributed by atoms with E-state index in [0.717, 1.165) is 44.9 Å². The predicted molar refractivity (Wildman–Crippen MR) is 102 cm³/mol. The first-order chi connectivity index (χ1) is 13.0. The van der Waals surface area contributed by atoms with Crippen molar-refractivity contribution < 1.29 is 19.5 Å². The minimum absolute atomic E-state index is 0.00271. The third-order valence-corrected chi connectivity index (χ3v) is 6.85. The quantitative estimate of drug-likeness (QED) is 0.634. The van der Waals surface area contributed by atoms with Crippen LogP contribution in [0.15, 0.2) is 0 Å². The Bertz CT molecular complexity index is 544. The Labute approximate surface area is 161 Å². The number of carboxylic acid groups (broad SMARTS) is 1. The van der Waals surface area contributed by atoms with Crippen molar-refractivity contribution in [2.45, 2.75) is 101 Å². The van der Waals surface area contributed by atoms with Gasteiger partial charge in [-0.15, -0.1) is 0 Å². The summed E-state index contributed by atoms with van der Waals surface area (Å²) in [5, 5.41) is 15.3. The van der Waals surface area contributed by atoms with Gasteiger partial charge in [0.25, 0.3) is 0 Å². The first kappa shape index (κ1) is 20.2. The number of rotatable bonds is 7. The Hall–Kier alpha value is -1.59. The molecule has 2 amide bonds. The second-order valence-electron chi connectivity index (χ2n) is 9.02. The van der Waals surface area contributed by atoms with Crippen LogP contribution in [0.1, 0.15) is 89.9 Å². The lowest BCUT2D eigenvalue weighted by Crippen LogP contribution is -2.56. The fourth-order valence-electron chi connectivity index (χ4n) is 5.04. The van der Waals surface area contributed by atoms with Crippen molar-refractivity contribution in [3.05, 3.63) is 0 Å². The second kappa shape index (κ2) is 9.07. The highest BCUT2D eigenvalue weighted by Crippen LogP contribution is 2.36. The van der Waals surface area contributed by atoms with Crippen LogP contribution in [0.25, 0.3) is 0 Å². The SMILES string of the molecule is O=C(O)CC1(NC(=O)C2CCC(NC(=O)CC3CCCCC3)CC2)CCC1. The second-order valence-corrected chi connectivity index (χ2v) is 9.02. The topological polar surface area (TPSA) is 95.5 Å². The van der Waals surface area contributed by atoms with Gasteiger partial charge in [0.2, 0.25) is 11.8 Å². The number of hydrogen-bond acceptors (Lipinski definition) is 3. The molecular formula is C21H34N2O4.